The average molecular weight is 290 g/mol. The molecule has 14 heavy (non-hydrogen) atoms. The normalized spacial score (nSPS) is 11.2. The molecule has 4 heteroatoms. The summed E-state index contributed by atoms with van der Waals surface area (Å²) in [6.07, 6.45) is 2.51. The summed E-state index contributed by atoms with van der Waals surface area (Å²) in [5, 5.41) is 0.307. The Hall–Kier alpha value is 1.16. The van der Waals surface area contributed by atoms with Crippen molar-refractivity contribution in [2.45, 2.75) is 45.3 Å². The van der Waals surface area contributed by atoms with E-state index >= 15 is 0 Å². The second-order valence-electron chi connectivity index (χ2n) is 4.63. The molecule has 0 fully saturated rings. The van der Waals surface area contributed by atoms with E-state index in [1.807, 2.05) is 0 Å². The second-order valence-corrected chi connectivity index (χ2v) is 9.44. The van der Waals surface area contributed by atoms with Crippen molar-refractivity contribution in [3.63, 3.8) is 0 Å². The number of halogens is 1. The van der Waals surface area contributed by atoms with Crippen molar-refractivity contribution in [1.82, 2.24) is 0 Å². The number of hydrogen-bond acceptors (Lipinski definition) is 1. The third-order valence-corrected chi connectivity index (χ3v) is 7.09. The van der Waals surface area contributed by atoms with E-state index in [4.69, 9.17) is 11.0 Å². The molecule has 0 N–H and O–H groups in total. The second kappa shape index (κ2) is 8.33. The molecule has 1 nitrogen and oxygen atoms in total. The van der Waals surface area contributed by atoms with Gasteiger partial charge in [0.15, 0.2) is 8.32 Å². The molecule has 80 valence electrons. The zero-order valence-corrected chi connectivity index (χ0v) is 14.1. The summed E-state index contributed by atoms with van der Waals surface area (Å²) in [5.41, 5.74) is 0. The van der Waals surface area contributed by atoms with Gasteiger partial charge >= 0.3 is 23.1 Å². The molecule has 0 aromatic carbocycles. The Balaban J connectivity index is -0.000000605. The van der Waals surface area contributed by atoms with Crippen molar-refractivity contribution in [2.24, 2.45) is 0 Å². The third kappa shape index (κ3) is 7.45. The maximum Gasteiger partial charge on any atom is 2.00 e. The van der Waals surface area contributed by atoms with Crippen molar-refractivity contribution in [3.05, 3.63) is 12.7 Å². The Bertz CT molecular complexity index is 155. The minimum atomic E-state index is -1.52. The van der Waals surface area contributed by atoms with E-state index in [2.05, 4.69) is 33.9 Å². The standard InChI is InChI=1S/C10H21OSi.BrH.Mg/c1-7-8-9-11-12(5,6)10(2,3)4;;/h1,7H,8-9H2,2-6H3;1H;/q-1;;+2/p-1. The fraction of sp³-hybridized carbons (Fsp3) is 0.800. The molecular formula is C10H21BrMgOSi. The van der Waals surface area contributed by atoms with Gasteiger partial charge in [-0.3, -0.25) is 6.08 Å². The number of hydrogen-bond donors (Lipinski definition) is 0. The van der Waals surface area contributed by atoms with Crippen LogP contribution in [0.3, 0.4) is 0 Å². The van der Waals surface area contributed by atoms with Gasteiger partial charge in [0.2, 0.25) is 0 Å². The van der Waals surface area contributed by atoms with Gasteiger partial charge in [0.25, 0.3) is 0 Å². The van der Waals surface area contributed by atoms with Gasteiger partial charge in [-0.2, -0.15) is 0 Å². The first-order valence-corrected chi connectivity index (χ1v) is 7.39. The SMILES string of the molecule is [Br-].[CH-]=CCCO[Si](C)(C)C(C)(C)C.[Mg+2]. The van der Waals surface area contributed by atoms with Crippen molar-refractivity contribution < 1.29 is 21.4 Å². The van der Waals surface area contributed by atoms with Crippen LogP contribution in [0.25, 0.3) is 0 Å². The number of rotatable bonds is 4. The molecule has 0 saturated carbocycles. The summed E-state index contributed by atoms with van der Waals surface area (Å²) < 4.78 is 5.86. The molecule has 0 rings (SSSR count). The third-order valence-electron chi connectivity index (χ3n) is 2.55. The fourth-order valence-corrected chi connectivity index (χ4v) is 1.66. The van der Waals surface area contributed by atoms with Crippen LogP contribution < -0.4 is 17.0 Å². The van der Waals surface area contributed by atoms with E-state index in [9.17, 15) is 0 Å². The van der Waals surface area contributed by atoms with Gasteiger partial charge in [-0.1, -0.05) is 20.8 Å². The molecule has 0 unspecified atom stereocenters. The molecule has 0 aliphatic rings. The van der Waals surface area contributed by atoms with Gasteiger partial charge in [-0.05, 0) is 24.6 Å². The zero-order chi connectivity index (χ0) is 9.83. The van der Waals surface area contributed by atoms with Crippen LogP contribution in [0.5, 0.6) is 0 Å². The molecule has 0 radical (unpaired) electrons. The van der Waals surface area contributed by atoms with Crippen LogP contribution in [-0.4, -0.2) is 38.0 Å². The molecule has 0 bridgehead atoms. The summed E-state index contributed by atoms with van der Waals surface area (Å²) in [5.74, 6) is 0. The van der Waals surface area contributed by atoms with E-state index in [1.54, 1.807) is 6.08 Å². The molecular weight excluding hydrogens is 268 g/mol. The van der Waals surface area contributed by atoms with Crippen molar-refractivity contribution >= 4 is 31.4 Å². The van der Waals surface area contributed by atoms with E-state index in [0.29, 0.717) is 5.04 Å². The minimum Gasteiger partial charge on any atom is -1.00 e. The maximum absolute atomic E-state index is 5.86. The van der Waals surface area contributed by atoms with Crippen LogP contribution in [0, 0.1) is 6.58 Å². The molecule has 0 aromatic rings. The Kier molecular flexibility index (Phi) is 12.2. The van der Waals surface area contributed by atoms with Gasteiger partial charge in [0.1, 0.15) is 0 Å². The Morgan fingerprint density at radius 2 is 1.71 bits per heavy atom. The Labute approximate surface area is 117 Å². The summed E-state index contributed by atoms with van der Waals surface area (Å²) in [6.45, 7) is 17.3. The molecule has 0 aliphatic heterocycles. The van der Waals surface area contributed by atoms with Gasteiger partial charge in [0.05, 0.1) is 0 Å². The largest absolute Gasteiger partial charge is 2.00 e. The maximum atomic E-state index is 5.86. The Morgan fingerprint density at radius 1 is 1.29 bits per heavy atom. The van der Waals surface area contributed by atoms with Crippen LogP contribution in [0.2, 0.25) is 18.1 Å². The van der Waals surface area contributed by atoms with Crippen molar-refractivity contribution in [1.29, 1.82) is 0 Å². The van der Waals surface area contributed by atoms with Crippen LogP contribution >= 0.6 is 0 Å². The quantitative estimate of drug-likeness (QED) is 0.402. The molecule has 0 saturated heterocycles. The predicted octanol–water partition coefficient (Wildman–Crippen LogP) is 0.0107. The van der Waals surface area contributed by atoms with Gasteiger partial charge in [-0.15, -0.1) is 0 Å². The molecule has 0 amide bonds. The van der Waals surface area contributed by atoms with E-state index in [-0.39, 0.29) is 40.0 Å². The molecule has 0 heterocycles. The predicted molar refractivity (Wildman–Crippen MR) is 62.4 cm³/mol. The molecule has 0 atom stereocenters. The first-order valence-electron chi connectivity index (χ1n) is 4.48. The first kappa shape index (κ1) is 20.6. The van der Waals surface area contributed by atoms with Gasteiger partial charge in [-0.25, -0.2) is 0 Å². The monoisotopic (exact) mass is 288 g/mol. The smallest absolute Gasteiger partial charge is 1.00 e. The molecule has 0 aliphatic carbocycles. The van der Waals surface area contributed by atoms with Crippen molar-refractivity contribution in [2.75, 3.05) is 6.61 Å². The van der Waals surface area contributed by atoms with Crippen LogP contribution in [-0.2, 0) is 4.43 Å². The Morgan fingerprint density at radius 3 is 2.00 bits per heavy atom. The minimum absolute atomic E-state index is 0. The molecule has 0 aromatic heterocycles. The topological polar surface area (TPSA) is 9.23 Å². The summed E-state index contributed by atoms with van der Waals surface area (Å²) >= 11 is 0. The summed E-state index contributed by atoms with van der Waals surface area (Å²) in [6, 6.07) is 0. The summed E-state index contributed by atoms with van der Waals surface area (Å²) in [7, 11) is -1.52. The van der Waals surface area contributed by atoms with Crippen molar-refractivity contribution in [3.8, 4) is 0 Å². The van der Waals surface area contributed by atoms with E-state index in [0.717, 1.165) is 13.0 Å². The van der Waals surface area contributed by atoms with Gasteiger partial charge in [0, 0.05) is 6.61 Å². The summed E-state index contributed by atoms with van der Waals surface area (Å²) in [4.78, 5) is 0. The van der Waals surface area contributed by atoms with Gasteiger partial charge < -0.3 is 28.0 Å². The van der Waals surface area contributed by atoms with Crippen LogP contribution in [0.15, 0.2) is 6.08 Å². The average Bonchev–Trinajstić information content (AvgIpc) is 1.85. The van der Waals surface area contributed by atoms with E-state index in [1.165, 1.54) is 0 Å². The first-order chi connectivity index (χ1) is 5.31. The van der Waals surface area contributed by atoms with Crippen LogP contribution in [0.1, 0.15) is 27.2 Å². The fourth-order valence-electron chi connectivity index (χ4n) is 0.599. The van der Waals surface area contributed by atoms with Crippen LogP contribution in [0.4, 0.5) is 0 Å². The zero-order valence-electron chi connectivity index (χ0n) is 10.1. The van der Waals surface area contributed by atoms with E-state index < -0.39 is 8.32 Å². The molecule has 0 spiro atoms.